The van der Waals surface area contributed by atoms with E-state index in [1.165, 1.54) is 24.8 Å². The summed E-state index contributed by atoms with van der Waals surface area (Å²) in [5.41, 5.74) is 1.26. The lowest BCUT2D eigenvalue weighted by Gasteiger charge is -2.45. The minimum absolute atomic E-state index is 0.0487. The number of phenols is 1. The van der Waals surface area contributed by atoms with E-state index in [1.54, 1.807) is 6.07 Å². The van der Waals surface area contributed by atoms with Gasteiger partial charge in [-0.15, -0.1) is 0 Å². The highest BCUT2D eigenvalue weighted by Crippen LogP contribution is 2.40. The van der Waals surface area contributed by atoms with E-state index in [0.717, 1.165) is 45.3 Å². The van der Waals surface area contributed by atoms with Gasteiger partial charge in [-0.1, -0.05) is 45.2 Å². The number of carbonyl (C=O) groups excluding carboxylic acids is 2. The van der Waals surface area contributed by atoms with Crippen molar-refractivity contribution in [3.8, 4) is 5.75 Å². The number of carbonyl (C=O) groups is 2. The summed E-state index contributed by atoms with van der Waals surface area (Å²) in [7, 11) is 0. The highest BCUT2D eigenvalue weighted by atomic mass is 16.5. The Morgan fingerprint density at radius 2 is 2.03 bits per heavy atom. The molecule has 1 aromatic rings. The molecule has 1 amide bonds. The first kappa shape index (κ1) is 27.5. The molecule has 0 radical (unpaired) electrons. The Hall–Kier alpha value is -2.08. The van der Waals surface area contributed by atoms with Crippen LogP contribution in [0.1, 0.15) is 84.1 Å². The molecular formula is C29H46N2O4. The molecule has 1 aliphatic carbocycles. The molecule has 0 bridgehead atoms. The minimum atomic E-state index is -0.192. The average Bonchev–Trinajstić information content (AvgIpc) is 2.85. The van der Waals surface area contributed by atoms with Crippen LogP contribution in [0.25, 0.3) is 0 Å². The Kier molecular flexibility index (Phi) is 10.4. The van der Waals surface area contributed by atoms with Crippen molar-refractivity contribution < 1.29 is 19.4 Å². The standard InChI is InChI=1S/C29H46N2O4/c1-4-35-27(33)14-9-17-30-28(34)26(23-10-6-5-7-11-23)15-18-31-19-16-29(3,22(2)21-31)24-12-8-13-25(32)20-24/h8,12-13,20,22-23,26,32H,4-7,9-11,14-19,21H2,1-3H3,(H,30,34). The van der Waals surface area contributed by atoms with Crippen LogP contribution in [0.15, 0.2) is 24.3 Å². The third-order valence-electron chi connectivity index (χ3n) is 8.55. The van der Waals surface area contributed by atoms with Crippen molar-refractivity contribution in [2.24, 2.45) is 17.8 Å². The fourth-order valence-electron chi connectivity index (χ4n) is 6.06. The molecule has 2 aliphatic rings. The van der Waals surface area contributed by atoms with Crippen LogP contribution < -0.4 is 5.32 Å². The number of rotatable bonds is 11. The summed E-state index contributed by atoms with van der Waals surface area (Å²) >= 11 is 0. The van der Waals surface area contributed by atoms with E-state index < -0.39 is 0 Å². The van der Waals surface area contributed by atoms with Crippen molar-refractivity contribution >= 4 is 11.9 Å². The van der Waals surface area contributed by atoms with Crippen LogP contribution in [0.4, 0.5) is 0 Å². The van der Waals surface area contributed by atoms with Gasteiger partial charge in [0.15, 0.2) is 0 Å². The molecule has 196 valence electrons. The second-order valence-corrected chi connectivity index (χ2v) is 10.9. The maximum atomic E-state index is 13.2. The van der Waals surface area contributed by atoms with E-state index in [1.807, 2.05) is 19.1 Å². The second-order valence-electron chi connectivity index (χ2n) is 10.9. The number of ether oxygens (including phenoxy) is 1. The Bertz CT molecular complexity index is 823. The molecule has 3 unspecified atom stereocenters. The zero-order valence-electron chi connectivity index (χ0n) is 22.1. The van der Waals surface area contributed by atoms with Gasteiger partial charge in [-0.05, 0) is 87.1 Å². The van der Waals surface area contributed by atoms with Crippen LogP contribution in [0.2, 0.25) is 0 Å². The van der Waals surface area contributed by atoms with Crippen molar-refractivity contribution in [3.63, 3.8) is 0 Å². The van der Waals surface area contributed by atoms with E-state index in [2.05, 4.69) is 30.1 Å². The molecule has 6 nitrogen and oxygen atoms in total. The maximum absolute atomic E-state index is 13.2. The van der Waals surface area contributed by atoms with Crippen LogP contribution in [0.5, 0.6) is 5.75 Å². The van der Waals surface area contributed by atoms with Crippen molar-refractivity contribution in [2.75, 3.05) is 32.8 Å². The molecule has 1 aliphatic heterocycles. The molecule has 1 saturated carbocycles. The Morgan fingerprint density at radius 3 is 2.71 bits per heavy atom. The number of aromatic hydroxyl groups is 1. The summed E-state index contributed by atoms with van der Waals surface area (Å²) in [5.74, 6) is 1.28. The molecule has 1 saturated heterocycles. The predicted octanol–water partition coefficient (Wildman–Crippen LogP) is 5.04. The highest BCUT2D eigenvalue weighted by molar-refractivity contribution is 5.79. The predicted molar refractivity (Wildman–Crippen MR) is 139 cm³/mol. The molecule has 0 spiro atoms. The lowest BCUT2D eigenvalue weighted by atomic mass is 9.68. The maximum Gasteiger partial charge on any atom is 0.305 e. The van der Waals surface area contributed by atoms with E-state index in [4.69, 9.17) is 4.74 Å². The lowest BCUT2D eigenvalue weighted by Crippen LogP contribution is -2.48. The van der Waals surface area contributed by atoms with Crippen LogP contribution >= 0.6 is 0 Å². The summed E-state index contributed by atoms with van der Waals surface area (Å²) < 4.78 is 4.99. The first-order valence-electron chi connectivity index (χ1n) is 13.8. The molecule has 1 aromatic carbocycles. The second kappa shape index (κ2) is 13.3. The number of benzene rings is 1. The topological polar surface area (TPSA) is 78.9 Å². The zero-order valence-corrected chi connectivity index (χ0v) is 22.1. The molecule has 2 N–H and O–H groups in total. The number of esters is 1. The number of hydrogen-bond donors (Lipinski definition) is 2. The van der Waals surface area contributed by atoms with E-state index >= 15 is 0 Å². The monoisotopic (exact) mass is 486 g/mol. The van der Waals surface area contributed by atoms with Crippen LogP contribution in [0.3, 0.4) is 0 Å². The summed E-state index contributed by atoms with van der Waals surface area (Å²) in [4.78, 5) is 27.3. The molecule has 3 rings (SSSR count). The van der Waals surface area contributed by atoms with Gasteiger partial charge in [0, 0.05) is 25.4 Å². The first-order chi connectivity index (χ1) is 16.8. The first-order valence-corrected chi connectivity index (χ1v) is 13.8. The van der Waals surface area contributed by atoms with Gasteiger partial charge in [-0.2, -0.15) is 0 Å². The van der Waals surface area contributed by atoms with Crippen LogP contribution in [-0.4, -0.2) is 54.7 Å². The van der Waals surface area contributed by atoms with Gasteiger partial charge in [0.2, 0.25) is 5.91 Å². The molecule has 0 aromatic heterocycles. The number of hydrogen-bond acceptors (Lipinski definition) is 5. The SMILES string of the molecule is CCOC(=O)CCCNC(=O)C(CCN1CCC(C)(c2cccc(O)c2)C(C)C1)C1CCCCC1. The Balaban J connectivity index is 1.53. The number of amides is 1. The van der Waals surface area contributed by atoms with Gasteiger partial charge in [0.05, 0.1) is 6.61 Å². The summed E-state index contributed by atoms with van der Waals surface area (Å²) in [6.07, 6.45) is 8.93. The van der Waals surface area contributed by atoms with Gasteiger partial charge in [-0.25, -0.2) is 0 Å². The smallest absolute Gasteiger partial charge is 0.305 e. The number of piperidine rings is 1. The number of phenolic OH excluding ortho intramolecular Hbond substituents is 1. The molecule has 1 heterocycles. The lowest BCUT2D eigenvalue weighted by molar-refractivity contribution is -0.143. The van der Waals surface area contributed by atoms with E-state index in [-0.39, 0.29) is 23.2 Å². The molecule has 2 fully saturated rings. The van der Waals surface area contributed by atoms with Crippen molar-refractivity contribution in [3.05, 3.63) is 29.8 Å². The Morgan fingerprint density at radius 1 is 1.26 bits per heavy atom. The minimum Gasteiger partial charge on any atom is -0.508 e. The summed E-state index contributed by atoms with van der Waals surface area (Å²) in [6.45, 7) is 10.3. The van der Waals surface area contributed by atoms with Gasteiger partial charge < -0.3 is 20.1 Å². The summed E-state index contributed by atoms with van der Waals surface area (Å²) in [5, 5.41) is 13.1. The summed E-state index contributed by atoms with van der Waals surface area (Å²) in [6, 6.07) is 7.73. The fraction of sp³-hybridized carbons (Fsp3) is 0.724. The molecular weight excluding hydrogens is 440 g/mol. The van der Waals surface area contributed by atoms with Crippen molar-refractivity contribution in [2.45, 2.75) is 84.0 Å². The van der Waals surface area contributed by atoms with Gasteiger partial charge in [0.1, 0.15) is 5.75 Å². The van der Waals surface area contributed by atoms with Crippen molar-refractivity contribution in [1.29, 1.82) is 0 Å². The normalized spacial score (nSPS) is 24.6. The molecule has 35 heavy (non-hydrogen) atoms. The fourth-order valence-corrected chi connectivity index (χ4v) is 6.06. The number of nitrogens with one attached hydrogen (secondary N) is 1. The number of nitrogens with zero attached hydrogens (tertiary/aromatic N) is 1. The van der Waals surface area contributed by atoms with E-state index in [9.17, 15) is 14.7 Å². The molecule has 3 atom stereocenters. The van der Waals surface area contributed by atoms with Gasteiger partial charge in [-0.3, -0.25) is 9.59 Å². The molecule has 6 heteroatoms. The van der Waals surface area contributed by atoms with Crippen LogP contribution in [-0.2, 0) is 19.7 Å². The van der Waals surface area contributed by atoms with Crippen molar-refractivity contribution in [1.82, 2.24) is 10.2 Å². The number of likely N-dealkylation sites (tertiary alicyclic amines) is 1. The van der Waals surface area contributed by atoms with Gasteiger partial charge >= 0.3 is 5.97 Å². The highest BCUT2D eigenvalue weighted by Gasteiger charge is 2.38. The largest absolute Gasteiger partial charge is 0.508 e. The van der Waals surface area contributed by atoms with Gasteiger partial charge in [0.25, 0.3) is 0 Å². The third-order valence-corrected chi connectivity index (χ3v) is 8.55. The average molecular weight is 487 g/mol. The zero-order chi connectivity index (χ0) is 25.3. The van der Waals surface area contributed by atoms with E-state index in [0.29, 0.717) is 43.6 Å². The Labute approximate surface area is 211 Å². The quantitative estimate of drug-likeness (QED) is 0.338. The van der Waals surface area contributed by atoms with Crippen LogP contribution in [0, 0.1) is 17.8 Å². The third kappa shape index (κ3) is 7.70.